The summed E-state index contributed by atoms with van der Waals surface area (Å²) in [6.07, 6.45) is 0.725. The lowest BCUT2D eigenvalue weighted by molar-refractivity contribution is -0.0776. The monoisotopic (exact) mass is 334 g/mol. The maximum Gasteiger partial charge on any atom is 0.227 e. The van der Waals surface area contributed by atoms with E-state index in [0.717, 1.165) is 17.7 Å². The van der Waals surface area contributed by atoms with Gasteiger partial charge in [-0.05, 0) is 47.7 Å². The molecule has 3 aromatic rings. The highest BCUT2D eigenvalue weighted by atomic mass is 16.7. The van der Waals surface area contributed by atoms with E-state index in [4.69, 9.17) is 9.47 Å². The van der Waals surface area contributed by atoms with Crippen LogP contribution in [0.15, 0.2) is 66.7 Å². The summed E-state index contributed by atoms with van der Waals surface area (Å²) in [6.45, 7) is 7.04. The first-order valence-electron chi connectivity index (χ1n) is 9.08. The molecule has 0 saturated heterocycles. The van der Waals surface area contributed by atoms with Crippen molar-refractivity contribution in [1.29, 1.82) is 0 Å². The molecule has 130 valence electrons. The van der Waals surface area contributed by atoms with Crippen LogP contribution in [-0.4, -0.2) is 6.61 Å². The molecule has 0 N–H and O–H groups in total. The minimum atomic E-state index is -0.412. The molecule has 0 heterocycles. The lowest BCUT2D eigenvalue weighted by Crippen LogP contribution is -2.12. The lowest BCUT2D eigenvalue weighted by Gasteiger charge is -2.21. The third kappa shape index (κ3) is 4.02. The van der Waals surface area contributed by atoms with Gasteiger partial charge in [-0.3, -0.25) is 0 Å². The standard InChI is InChI=1S/C23H26O2/c1-4-17(3)18-13-15-20(16-14-18)25-23(24-5-2)22-12-8-10-19-9-6-7-11-21(19)22/h6-17,23H,4-5H2,1-3H3. The first-order chi connectivity index (χ1) is 12.2. The van der Waals surface area contributed by atoms with Crippen molar-refractivity contribution >= 4 is 10.8 Å². The molecular weight excluding hydrogens is 308 g/mol. The minimum absolute atomic E-state index is 0.412. The molecular formula is C23H26O2. The smallest absolute Gasteiger partial charge is 0.227 e. The lowest BCUT2D eigenvalue weighted by atomic mass is 9.99. The summed E-state index contributed by atoms with van der Waals surface area (Å²) in [4.78, 5) is 0. The third-order valence-corrected chi connectivity index (χ3v) is 4.70. The molecule has 25 heavy (non-hydrogen) atoms. The zero-order chi connectivity index (χ0) is 17.6. The van der Waals surface area contributed by atoms with Crippen LogP contribution in [0.4, 0.5) is 0 Å². The van der Waals surface area contributed by atoms with E-state index in [9.17, 15) is 0 Å². The molecule has 2 heteroatoms. The van der Waals surface area contributed by atoms with Crippen LogP contribution in [0.2, 0.25) is 0 Å². The molecule has 0 aromatic heterocycles. The summed E-state index contributed by atoms with van der Waals surface area (Å²) in [5.41, 5.74) is 2.40. The van der Waals surface area contributed by atoms with Gasteiger partial charge < -0.3 is 9.47 Å². The number of hydrogen-bond acceptors (Lipinski definition) is 2. The van der Waals surface area contributed by atoms with Crippen LogP contribution in [0.1, 0.15) is 50.5 Å². The molecule has 2 atom stereocenters. The van der Waals surface area contributed by atoms with Gasteiger partial charge in [-0.2, -0.15) is 0 Å². The fourth-order valence-corrected chi connectivity index (χ4v) is 3.03. The van der Waals surface area contributed by atoms with Crippen molar-refractivity contribution in [1.82, 2.24) is 0 Å². The van der Waals surface area contributed by atoms with E-state index >= 15 is 0 Å². The molecule has 2 unspecified atom stereocenters. The zero-order valence-electron chi connectivity index (χ0n) is 15.2. The van der Waals surface area contributed by atoms with Gasteiger partial charge in [0.1, 0.15) is 5.75 Å². The number of ether oxygens (including phenoxy) is 2. The van der Waals surface area contributed by atoms with Crippen molar-refractivity contribution < 1.29 is 9.47 Å². The van der Waals surface area contributed by atoms with Crippen molar-refractivity contribution in [2.24, 2.45) is 0 Å². The van der Waals surface area contributed by atoms with Gasteiger partial charge in [0.05, 0.1) is 0 Å². The summed E-state index contributed by atoms with van der Waals surface area (Å²) in [5.74, 6) is 1.40. The van der Waals surface area contributed by atoms with Gasteiger partial charge in [-0.15, -0.1) is 0 Å². The van der Waals surface area contributed by atoms with Gasteiger partial charge in [-0.1, -0.05) is 68.4 Å². The summed E-state index contributed by atoms with van der Waals surface area (Å²) in [7, 11) is 0. The molecule has 0 amide bonds. The van der Waals surface area contributed by atoms with E-state index in [0.29, 0.717) is 12.5 Å². The Morgan fingerprint density at radius 3 is 2.28 bits per heavy atom. The van der Waals surface area contributed by atoms with Crippen molar-refractivity contribution in [3.05, 3.63) is 77.9 Å². The van der Waals surface area contributed by atoms with Crippen LogP contribution >= 0.6 is 0 Å². The predicted molar refractivity (Wildman–Crippen MR) is 104 cm³/mol. The van der Waals surface area contributed by atoms with E-state index in [-0.39, 0.29) is 0 Å². The number of hydrogen-bond donors (Lipinski definition) is 0. The molecule has 0 radical (unpaired) electrons. The summed E-state index contributed by atoms with van der Waals surface area (Å²) in [6, 6.07) is 23.0. The normalized spacial score (nSPS) is 13.6. The van der Waals surface area contributed by atoms with Crippen LogP contribution in [0, 0.1) is 0 Å². The molecule has 0 aliphatic heterocycles. The minimum Gasteiger partial charge on any atom is -0.461 e. The molecule has 0 spiro atoms. The highest BCUT2D eigenvalue weighted by molar-refractivity contribution is 5.85. The second-order valence-electron chi connectivity index (χ2n) is 6.35. The van der Waals surface area contributed by atoms with Crippen molar-refractivity contribution in [3.8, 4) is 5.75 Å². The highest BCUT2D eigenvalue weighted by Gasteiger charge is 2.16. The Hall–Kier alpha value is -2.32. The average Bonchev–Trinajstić information content (AvgIpc) is 2.67. The van der Waals surface area contributed by atoms with E-state index < -0.39 is 6.29 Å². The van der Waals surface area contributed by atoms with Gasteiger partial charge in [0, 0.05) is 12.2 Å². The molecule has 0 saturated carbocycles. The Labute approximate surface area is 150 Å². The van der Waals surface area contributed by atoms with Crippen LogP contribution in [0.5, 0.6) is 5.75 Å². The third-order valence-electron chi connectivity index (χ3n) is 4.70. The van der Waals surface area contributed by atoms with Crippen LogP contribution in [0.25, 0.3) is 10.8 Å². The van der Waals surface area contributed by atoms with Gasteiger partial charge in [0.2, 0.25) is 6.29 Å². The first-order valence-corrected chi connectivity index (χ1v) is 9.08. The summed E-state index contributed by atoms with van der Waals surface area (Å²) in [5, 5.41) is 2.36. The quantitative estimate of drug-likeness (QED) is 0.461. The SMILES string of the molecule is CCOC(Oc1ccc(C(C)CC)cc1)c1cccc2ccccc12. The fourth-order valence-electron chi connectivity index (χ4n) is 3.03. The molecule has 3 aromatic carbocycles. The Balaban J connectivity index is 1.88. The zero-order valence-corrected chi connectivity index (χ0v) is 15.2. The Morgan fingerprint density at radius 2 is 1.56 bits per heavy atom. The van der Waals surface area contributed by atoms with Crippen LogP contribution in [-0.2, 0) is 4.74 Å². The van der Waals surface area contributed by atoms with Gasteiger partial charge in [0.15, 0.2) is 0 Å². The van der Waals surface area contributed by atoms with E-state index in [1.165, 1.54) is 16.3 Å². The van der Waals surface area contributed by atoms with Crippen LogP contribution < -0.4 is 4.74 Å². The maximum atomic E-state index is 6.20. The van der Waals surface area contributed by atoms with Crippen LogP contribution in [0.3, 0.4) is 0 Å². The second kappa shape index (κ2) is 8.17. The Kier molecular flexibility index (Phi) is 5.72. The summed E-state index contributed by atoms with van der Waals surface area (Å²) >= 11 is 0. The average molecular weight is 334 g/mol. The Bertz CT molecular complexity index is 802. The summed E-state index contributed by atoms with van der Waals surface area (Å²) < 4.78 is 12.1. The largest absolute Gasteiger partial charge is 0.461 e. The predicted octanol–water partition coefficient (Wildman–Crippen LogP) is 6.47. The molecule has 0 fully saturated rings. The van der Waals surface area contributed by atoms with Crippen molar-refractivity contribution in [2.75, 3.05) is 6.61 Å². The van der Waals surface area contributed by atoms with Gasteiger partial charge in [0.25, 0.3) is 0 Å². The first kappa shape index (κ1) is 17.5. The fraction of sp³-hybridized carbons (Fsp3) is 0.304. The van der Waals surface area contributed by atoms with Gasteiger partial charge >= 0.3 is 0 Å². The van der Waals surface area contributed by atoms with Crippen molar-refractivity contribution in [3.63, 3.8) is 0 Å². The molecule has 3 rings (SSSR count). The Morgan fingerprint density at radius 1 is 0.840 bits per heavy atom. The molecule has 0 aliphatic rings. The van der Waals surface area contributed by atoms with E-state index in [1.807, 2.05) is 19.1 Å². The molecule has 0 bridgehead atoms. The second-order valence-corrected chi connectivity index (χ2v) is 6.35. The van der Waals surface area contributed by atoms with E-state index in [1.54, 1.807) is 0 Å². The molecule has 0 aliphatic carbocycles. The number of fused-ring (bicyclic) bond motifs is 1. The highest BCUT2D eigenvalue weighted by Crippen LogP contribution is 2.30. The number of rotatable bonds is 7. The van der Waals surface area contributed by atoms with Gasteiger partial charge in [-0.25, -0.2) is 0 Å². The number of benzene rings is 3. The van der Waals surface area contributed by atoms with Crippen molar-refractivity contribution in [2.45, 2.75) is 39.4 Å². The topological polar surface area (TPSA) is 18.5 Å². The molecule has 2 nitrogen and oxygen atoms in total. The van der Waals surface area contributed by atoms with E-state index in [2.05, 4.69) is 68.4 Å². The maximum absolute atomic E-state index is 6.20.